The van der Waals surface area contributed by atoms with Gasteiger partial charge in [-0.25, -0.2) is 4.98 Å². The number of rotatable bonds is 5. The zero-order valence-corrected chi connectivity index (χ0v) is 10.8. The molecule has 1 aliphatic rings. The van der Waals surface area contributed by atoms with Gasteiger partial charge in [0.05, 0.1) is 5.69 Å². The molecule has 0 fully saturated rings. The average Bonchev–Trinajstić information content (AvgIpc) is 3.13. The molecule has 2 heterocycles. The van der Waals surface area contributed by atoms with Crippen LogP contribution in [-0.4, -0.2) is 17.7 Å². The van der Waals surface area contributed by atoms with Crippen molar-refractivity contribution in [3.63, 3.8) is 0 Å². The van der Waals surface area contributed by atoms with Crippen molar-refractivity contribution in [1.29, 1.82) is 0 Å². The molecule has 0 saturated heterocycles. The quantitative estimate of drug-likeness (QED) is 0.897. The number of aromatic nitrogens is 1. The van der Waals surface area contributed by atoms with Gasteiger partial charge in [0.2, 0.25) is 12.7 Å². The number of hydrogen-bond acceptors (Lipinski definition) is 5. The minimum Gasteiger partial charge on any atom is -0.454 e. The largest absolute Gasteiger partial charge is 0.454 e. The molecule has 1 N–H and O–H groups in total. The van der Waals surface area contributed by atoms with Crippen molar-refractivity contribution in [3.8, 4) is 11.5 Å². The Balaban J connectivity index is 1.48. The average molecular weight is 274 g/mol. The van der Waals surface area contributed by atoms with E-state index in [0.29, 0.717) is 19.4 Å². The molecule has 0 bridgehead atoms. The summed E-state index contributed by atoms with van der Waals surface area (Å²) in [7, 11) is 0. The van der Waals surface area contributed by atoms with Crippen LogP contribution in [-0.2, 0) is 17.8 Å². The lowest BCUT2D eigenvalue weighted by Crippen LogP contribution is -2.23. The van der Waals surface area contributed by atoms with E-state index >= 15 is 0 Å². The predicted octanol–water partition coefficient (Wildman–Crippen LogP) is 1.65. The maximum absolute atomic E-state index is 11.7. The van der Waals surface area contributed by atoms with Gasteiger partial charge in [0.15, 0.2) is 17.9 Å². The van der Waals surface area contributed by atoms with Crippen molar-refractivity contribution >= 4 is 5.91 Å². The highest BCUT2D eigenvalue weighted by Gasteiger charge is 2.13. The fraction of sp³-hybridized carbons (Fsp3) is 0.286. The first-order valence-electron chi connectivity index (χ1n) is 6.33. The second-order valence-corrected chi connectivity index (χ2v) is 4.44. The van der Waals surface area contributed by atoms with Crippen LogP contribution < -0.4 is 14.8 Å². The van der Waals surface area contributed by atoms with Crippen LogP contribution >= 0.6 is 0 Å². The molecule has 0 saturated carbocycles. The van der Waals surface area contributed by atoms with E-state index in [-0.39, 0.29) is 12.7 Å². The monoisotopic (exact) mass is 274 g/mol. The summed E-state index contributed by atoms with van der Waals surface area (Å²) >= 11 is 0. The first-order valence-corrected chi connectivity index (χ1v) is 6.33. The zero-order valence-electron chi connectivity index (χ0n) is 10.8. The van der Waals surface area contributed by atoms with Crippen molar-refractivity contribution in [2.24, 2.45) is 0 Å². The standard InChI is InChI=1S/C14H14N2O4/c17-14(4-2-11-7-18-8-16-11)15-6-10-1-3-12-13(5-10)20-9-19-12/h1,3,5,7-8H,2,4,6,9H2,(H,15,17). The first-order chi connectivity index (χ1) is 9.81. The van der Waals surface area contributed by atoms with E-state index in [9.17, 15) is 4.79 Å². The normalized spacial score (nSPS) is 12.4. The summed E-state index contributed by atoms with van der Waals surface area (Å²) < 4.78 is 15.4. The van der Waals surface area contributed by atoms with Gasteiger partial charge < -0.3 is 19.2 Å². The van der Waals surface area contributed by atoms with E-state index < -0.39 is 0 Å². The fourth-order valence-electron chi connectivity index (χ4n) is 1.94. The molecular formula is C14H14N2O4. The van der Waals surface area contributed by atoms with E-state index in [1.54, 1.807) is 6.26 Å². The number of amides is 1. The molecule has 1 amide bonds. The number of carbonyl (C=O) groups excluding carboxylic acids is 1. The Kier molecular flexibility index (Phi) is 3.54. The molecule has 1 aromatic heterocycles. The van der Waals surface area contributed by atoms with Crippen LogP contribution in [0.3, 0.4) is 0 Å². The van der Waals surface area contributed by atoms with Crippen LogP contribution in [0.4, 0.5) is 0 Å². The molecule has 0 atom stereocenters. The molecule has 0 aliphatic carbocycles. The van der Waals surface area contributed by atoms with Gasteiger partial charge in [-0.3, -0.25) is 4.79 Å². The molecular weight excluding hydrogens is 260 g/mol. The zero-order chi connectivity index (χ0) is 13.8. The molecule has 0 radical (unpaired) electrons. The van der Waals surface area contributed by atoms with Gasteiger partial charge in [0, 0.05) is 19.4 Å². The van der Waals surface area contributed by atoms with E-state index in [1.807, 2.05) is 18.2 Å². The van der Waals surface area contributed by atoms with Gasteiger partial charge in [0.1, 0.15) is 6.26 Å². The minimum atomic E-state index is -0.0225. The SMILES string of the molecule is O=C(CCc1cocn1)NCc1ccc2c(c1)OCO2. The minimum absolute atomic E-state index is 0.0225. The number of oxazole rings is 1. The third-order valence-electron chi connectivity index (χ3n) is 3.02. The molecule has 3 rings (SSSR count). The molecule has 0 spiro atoms. The number of nitrogens with zero attached hydrogens (tertiary/aromatic N) is 1. The van der Waals surface area contributed by atoms with Crippen LogP contribution in [0.1, 0.15) is 17.7 Å². The lowest BCUT2D eigenvalue weighted by atomic mass is 10.2. The highest BCUT2D eigenvalue weighted by Crippen LogP contribution is 2.32. The smallest absolute Gasteiger partial charge is 0.231 e. The van der Waals surface area contributed by atoms with E-state index in [0.717, 1.165) is 22.8 Å². The summed E-state index contributed by atoms with van der Waals surface area (Å²) in [6.45, 7) is 0.719. The van der Waals surface area contributed by atoms with Gasteiger partial charge in [-0.15, -0.1) is 0 Å². The van der Waals surface area contributed by atoms with Crippen molar-refractivity contribution in [2.45, 2.75) is 19.4 Å². The number of nitrogens with one attached hydrogen (secondary N) is 1. The lowest BCUT2D eigenvalue weighted by Gasteiger charge is -2.05. The van der Waals surface area contributed by atoms with E-state index in [2.05, 4.69) is 10.3 Å². The molecule has 0 unspecified atom stereocenters. The molecule has 6 heteroatoms. The number of aryl methyl sites for hydroxylation is 1. The maximum atomic E-state index is 11.7. The number of fused-ring (bicyclic) bond motifs is 1. The van der Waals surface area contributed by atoms with Crippen molar-refractivity contribution in [1.82, 2.24) is 10.3 Å². The van der Waals surface area contributed by atoms with Crippen LogP contribution in [0.15, 0.2) is 35.3 Å². The lowest BCUT2D eigenvalue weighted by molar-refractivity contribution is -0.121. The topological polar surface area (TPSA) is 73.6 Å². The van der Waals surface area contributed by atoms with Crippen LogP contribution in [0, 0.1) is 0 Å². The number of carbonyl (C=O) groups is 1. The molecule has 104 valence electrons. The summed E-state index contributed by atoms with van der Waals surface area (Å²) in [5.41, 5.74) is 1.76. The molecule has 1 aliphatic heterocycles. The molecule has 2 aromatic rings. The third-order valence-corrected chi connectivity index (χ3v) is 3.02. The molecule has 20 heavy (non-hydrogen) atoms. The fourth-order valence-corrected chi connectivity index (χ4v) is 1.94. The van der Waals surface area contributed by atoms with Gasteiger partial charge in [-0.2, -0.15) is 0 Å². The van der Waals surface area contributed by atoms with Gasteiger partial charge >= 0.3 is 0 Å². The van der Waals surface area contributed by atoms with Gasteiger partial charge in [0.25, 0.3) is 0 Å². The molecule has 1 aromatic carbocycles. The number of ether oxygens (including phenoxy) is 2. The van der Waals surface area contributed by atoms with Crippen molar-refractivity contribution in [3.05, 3.63) is 42.1 Å². The Morgan fingerprint density at radius 3 is 3.05 bits per heavy atom. The second-order valence-electron chi connectivity index (χ2n) is 4.44. The van der Waals surface area contributed by atoms with Crippen LogP contribution in [0.2, 0.25) is 0 Å². The number of benzene rings is 1. The van der Waals surface area contributed by atoms with Crippen molar-refractivity contribution < 1.29 is 18.7 Å². The van der Waals surface area contributed by atoms with E-state index in [1.165, 1.54) is 6.39 Å². The van der Waals surface area contributed by atoms with Gasteiger partial charge in [-0.1, -0.05) is 6.07 Å². The Bertz CT molecular complexity index is 595. The highest BCUT2D eigenvalue weighted by atomic mass is 16.7. The first kappa shape index (κ1) is 12.5. The second kappa shape index (κ2) is 5.64. The summed E-state index contributed by atoms with van der Waals surface area (Å²) in [5.74, 6) is 1.44. The molecule has 6 nitrogen and oxygen atoms in total. The summed E-state index contributed by atoms with van der Waals surface area (Å²) in [4.78, 5) is 15.7. The summed E-state index contributed by atoms with van der Waals surface area (Å²) in [6, 6.07) is 5.63. The summed E-state index contributed by atoms with van der Waals surface area (Å²) in [5, 5.41) is 2.86. The third kappa shape index (κ3) is 2.90. The maximum Gasteiger partial charge on any atom is 0.231 e. The van der Waals surface area contributed by atoms with Crippen molar-refractivity contribution in [2.75, 3.05) is 6.79 Å². The Morgan fingerprint density at radius 2 is 2.20 bits per heavy atom. The van der Waals surface area contributed by atoms with Crippen LogP contribution in [0.25, 0.3) is 0 Å². The predicted molar refractivity (Wildman–Crippen MR) is 69.2 cm³/mol. The Hall–Kier alpha value is -2.50. The summed E-state index contributed by atoms with van der Waals surface area (Å²) in [6.07, 6.45) is 3.87. The number of hydrogen-bond donors (Lipinski definition) is 1. The Labute approximate surface area is 115 Å². The van der Waals surface area contributed by atoms with Crippen LogP contribution in [0.5, 0.6) is 11.5 Å². The highest BCUT2D eigenvalue weighted by molar-refractivity contribution is 5.76. The van der Waals surface area contributed by atoms with Gasteiger partial charge in [-0.05, 0) is 17.7 Å². The Morgan fingerprint density at radius 1 is 1.30 bits per heavy atom. The van der Waals surface area contributed by atoms with E-state index in [4.69, 9.17) is 13.9 Å².